The highest BCUT2D eigenvalue weighted by molar-refractivity contribution is 5.77. The Balaban J connectivity index is 3.49. The quantitative estimate of drug-likeness (QED) is 0.609. The topological polar surface area (TPSA) is 63.6 Å². The molecule has 10 heavy (non-hydrogen) atoms. The summed E-state index contributed by atoms with van der Waals surface area (Å²) >= 11 is 0. The van der Waals surface area contributed by atoms with E-state index in [0.29, 0.717) is 0 Å². The maximum atomic E-state index is 10.3. The van der Waals surface area contributed by atoms with Gasteiger partial charge >= 0.3 is 5.97 Å². The van der Waals surface area contributed by atoms with Crippen molar-refractivity contribution >= 4 is 11.8 Å². The number of carboxylic acid groups (broad SMARTS) is 1. The Morgan fingerprint density at radius 3 is 2.40 bits per heavy atom. The number of hydrogen-bond donors (Lipinski definition) is 1. The number of rotatable bonds is 4. The molecule has 0 fully saturated rings. The van der Waals surface area contributed by atoms with Crippen molar-refractivity contribution in [1.29, 1.82) is 0 Å². The molecule has 0 spiro atoms. The highest BCUT2D eigenvalue weighted by atomic mass is 16.5. The molecule has 0 saturated carbocycles. The van der Waals surface area contributed by atoms with Crippen molar-refractivity contribution in [2.45, 2.75) is 20.0 Å². The molecule has 1 atom stereocenters. The van der Waals surface area contributed by atoms with Crippen LogP contribution in [0.2, 0.25) is 0 Å². The van der Waals surface area contributed by atoms with Crippen LogP contribution < -0.4 is 0 Å². The second kappa shape index (κ2) is 4.00. The second-order valence-electron chi connectivity index (χ2n) is 1.99. The molecule has 0 amide bonds. The summed E-state index contributed by atoms with van der Waals surface area (Å²) in [7, 11) is 0. The maximum absolute atomic E-state index is 10.3. The van der Waals surface area contributed by atoms with Crippen molar-refractivity contribution in [3.8, 4) is 0 Å². The second-order valence-corrected chi connectivity index (χ2v) is 1.99. The van der Waals surface area contributed by atoms with Gasteiger partial charge in [-0.25, -0.2) is 4.79 Å². The normalized spacial score (nSPS) is 12.6. The third-order valence-corrected chi connectivity index (χ3v) is 0.884. The number of Topliss-reactive ketones (excluding diaryl/α,β-unsaturated/α-hetero) is 1. The van der Waals surface area contributed by atoms with E-state index in [1.807, 2.05) is 0 Å². The predicted molar refractivity (Wildman–Crippen MR) is 33.7 cm³/mol. The monoisotopic (exact) mass is 146 g/mol. The Morgan fingerprint density at radius 2 is 2.10 bits per heavy atom. The van der Waals surface area contributed by atoms with E-state index in [0.717, 1.165) is 0 Å². The zero-order chi connectivity index (χ0) is 8.15. The summed E-state index contributed by atoms with van der Waals surface area (Å²) < 4.78 is 4.62. The fraction of sp³-hybridized carbons (Fsp3) is 0.667. The van der Waals surface area contributed by atoms with Gasteiger partial charge in [-0.3, -0.25) is 4.79 Å². The van der Waals surface area contributed by atoms with Gasteiger partial charge in [0.25, 0.3) is 0 Å². The molecule has 0 aromatic carbocycles. The molecule has 58 valence electrons. The van der Waals surface area contributed by atoms with E-state index in [1.54, 1.807) is 0 Å². The highest BCUT2D eigenvalue weighted by Crippen LogP contribution is 1.89. The van der Waals surface area contributed by atoms with Crippen molar-refractivity contribution in [2.24, 2.45) is 0 Å². The van der Waals surface area contributed by atoms with Gasteiger partial charge in [0.2, 0.25) is 0 Å². The Morgan fingerprint density at radius 1 is 1.60 bits per heavy atom. The van der Waals surface area contributed by atoms with E-state index in [-0.39, 0.29) is 12.4 Å². The van der Waals surface area contributed by atoms with Crippen molar-refractivity contribution < 1.29 is 19.4 Å². The molecule has 4 heteroatoms. The van der Waals surface area contributed by atoms with Crippen LogP contribution in [0.1, 0.15) is 13.8 Å². The third kappa shape index (κ3) is 4.03. The first-order chi connectivity index (χ1) is 4.54. The summed E-state index contributed by atoms with van der Waals surface area (Å²) in [5, 5.41) is 8.26. The smallest absolute Gasteiger partial charge is 0.332 e. The van der Waals surface area contributed by atoms with E-state index >= 15 is 0 Å². The van der Waals surface area contributed by atoms with Crippen molar-refractivity contribution in [3.05, 3.63) is 0 Å². The van der Waals surface area contributed by atoms with Crippen LogP contribution in [0.5, 0.6) is 0 Å². The van der Waals surface area contributed by atoms with Gasteiger partial charge in [-0.2, -0.15) is 0 Å². The first-order valence-corrected chi connectivity index (χ1v) is 2.88. The van der Waals surface area contributed by atoms with Gasteiger partial charge < -0.3 is 9.84 Å². The van der Waals surface area contributed by atoms with Gasteiger partial charge in [0.05, 0.1) is 0 Å². The van der Waals surface area contributed by atoms with Crippen LogP contribution in [0.15, 0.2) is 0 Å². The highest BCUT2D eigenvalue weighted by Gasteiger charge is 2.10. The van der Waals surface area contributed by atoms with Gasteiger partial charge in [-0.05, 0) is 13.8 Å². The Labute approximate surface area is 58.8 Å². The predicted octanol–water partition coefficient (Wildman–Crippen LogP) is 0.0651. The molecule has 0 radical (unpaired) electrons. The van der Waals surface area contributed by atoms with Crippen molar-refractivity contribution in [3.63, 3.8) is 0 Å². The molecule has 0 unspecified atom stereocenters. The Bertz CT molecular complexity index is 141. The number of ether oxygens (including phenoxy) is 1. The van der Waals surface area contributed by atoms with Crippen LogP contribution in [-0.2, 0) is 14.3 Å². The molecule has 0 bridgehead atoms. The summed E-state index contributed by atoms with van der Waals surface area (Å²) in [6, 6.07) is 0. The summed E-state index contributed by atoms with van der Waals surface area (Å²) in [6.07, 6.45) is -0.899. The molecule has 0 aliphatic rings. The lowest BCUT2D eigenvalue weighted by Crippen LogP contribution is -2.22. The molecule has 0 aromatic heterocycles. The number of carboxylic acids is 1. The van der Waals surface area contributed by atoms with E-state index in [4.69, 9.17) is 5.11 Å². The largest absolute Gasteiger partial charge is 0.479 e. The van der Waals surface area contributed by atoms with Gasteiger partial charge in [-0.1, -0.05) is 0 Å². The van der Waals surface area contributed by atoms with Gasteiger partial charge in [0.1, 0.15) is 6.61 Å². The summed E-state index contributed by atoms with van der Waals surface area (Å²) in [4.78, 5) is 20.3. The number of carbonyl (C=O) groups is 2. The number of carbonyl (C=O) groups excluding carboxylic acids is 1. The van der Waals surface area contributed by atoms with Crippen LogP contribution in [0.25, 0.3) is 0 Å². The molecule has 0 heterocycles. The minimum absolute atomic E-state index is 0.131. The lowest BCUT2D eigenvalue weighted by molar-refractivity contribution is -0.150. The van der Waals surface area contributed by atoms with Crippen molar-refractivity contribution in [2.75, 3.05) is 6.61 Å². The van der Waals surface area contributed by atoms with E-state index in [9.17, 15) is 9.59 Å². The Hall–Kier alpha value is -0.900. The number of aliphatic carboxylic acids is 1. The summed E-state index contributed by atoms with van der Waals surface area (Å²) in [5.74, 6) is -1.23. The van der Waals surface area contributed by atoms with Crippen LogP contribution in [0.3, 0.4) is 0 Å². The SMILES string of the molecule is CC(=O)CO[C@@H](C)C(=O)O. The average molecular weight is 146 g/mol. The van der Waals surface area contributed by atoms with Crippen LogP contribution in [0, 0.1) is 0 Å². The zero-order valence-corrected chi connectivity index (χ0v) is 5.96. The molecule has 4 nitrogen and oxygen atoms in total. The molecule has 0 saturated heterocycles. The molecule has 0 aliphatic heterocycles. The zero-order valence-electron chi connectivity index (χ0n) is 5.96. The minimum Gasteiger partial charge on any atom is -0.479 e. The molecule has 1 N–H and O–H groups in total. The van der Waals surface area contributed by atoms with Crippen molar-refractivity contribution in [1.82, 2.24) is 0 Å². The number of ketones is 1. The maximum Gasteiger partial charge on any atom is 0.332 e. The fourth-order valence-electron chi connectivity index (χ4n) is 0.314. The molecular weight excluding hydrogens is 136 g/mol. The molecule has 0 aromatic rings. The minimum atomic E-state index is -1.05. The lowest BCUT2D eigenvalue weighted by Gasteiger charge is -2.04. The molecule has 0 rings (SSSR count). The lowest BCUT2D eigenvalue weighted by atomic mass is 10.4. The average Bonchev–Trinajstić information content (AvgIpc) is 1.82. The van der Waals surface area contributed by atoms with Gasteiger partial charge in [0.15, 0.2) is 11.9 Å². The van der Waals surface area contributed by atoms with E-state index < -0.39 is 12.1 Å². The standard InChI is InChI=1S/C6H10O4/c1-4(7)3-10-5(2)6(8)9/h5H,3H2,1-2H3,(H,8,9)/t5-/m0/s1. The summed E-state index contributed by atoms with van der Waals surface area (Å²) in [6.45, 7) is 2.59. The number of hydrogen-bond acceptors (Lipinski definition) is 3. The summed E-state index contributed by atoms with van der Waals surface area (Å²) in [5.41, 5.74) is 0. The van der Waals surface area contributed by atoms with E-state index in [2.05, 4.69) is 4.74 Å². The molecular formula is C6H10O4. The fourth-order valence-corrected chi connectivity index (χ4v) is 0.314. The molecule has 0 aliphatic carbocycles. The van der Waals surface area contributed by atoms with Crippen LogP contribution in [-0.4, -0.2) is 29.6 Å². The first-order valence-electron chi connectivity index (χ1n) is 2.88. The van der Waals surface area contributed by atoms with Crippen LogP contribution >= 0.6 is 0 Å². The van der Waals surface area contributed by atoms with E-state index in [1.165, 1.54) is 13.8 Å². The third-order valence-electron chi connectivity index (χ3n) is 0.884. The van der Waals surface area contributed by atoms with Gasteiger partial charge in [0, 0.05) is 0 Å². The van der Waals surface area contributed by atoms with Crippen LogP contribution in [0.4, 0.5) is 0 Å². The Kier molecular flexibility index (Phi) is 3.64. The van der Waals surface area contributed by atoms with Gasteiger partial charge in [-0.15, -0.1) is 0 Å². The first kappa shape index (κ1) is 9.10.